The van der Waals surface area contributed by atoms with E-state index in [0.717, 1.165) is 18.8 Å². The third-order valence-electron chi connectivity index (χ3n) is 3.24. The number of rotatable bonds is 6. The van der Waals surface area contributed by atoms with Crippen molar-refractivity contribution in [3.63, 3.8) is 0 Å². The molecular formula is C13H21N3O. The van der Waals surface area contributed by atoms with Gasteiger partial charge >= 0.3 is 0 Å². The number of nitrogens with zero attached hydrogens (tertiary/aromatic N) is 2. The van der Waals surface area contributed by atoms with Crippen molar-refractivity contribution in [1.82, 2.24) is 15.3 Å². The Bertz CT molecular complexity index is 312. The van der Waals surface area contributed by atoms with E-state index in [2.05, 4.69) is 22.2 Å². The Morgan fingerprint density at radius 3 is 2.94 bits per heavy atom. The minimum Gasteiger partial charge on any atom is -0.377 e. The van der Waals surface area contributed by atoms with Crippen molar-refractivity contribution in [3.8, 4) is 0 Å². The van der Waals surface area contributed by atoms with Gasteiger partial charge in [0.2, 0.25) is 0 Å². The van der Waals surface area contributed by atoms with Gasteiger partial charge in [-0.3, -0.25) is 9.97 Å². The van der Waals surface area contributed by atoms with Gasteiger partial charge in [-0.05, 0) is 19.8 Å². The van der Waals surface area contributed by atoms with E-state index in [1.54, 1.807) is 18.6 Å². The molecule has 1 heterocycles. The number of aromatic nitrogens is 2. The van der Waals surface area contributed by atoms with E-state index in [4.69, 9.17) is 4.74 Å². The highest BCUT2D eigenvalue weighted by Gasteiger charge is 2.14. The van der Waals surface area contributed by atoms with Gasteiger partial charge in [0.05, 0.1) is 18.4 Å². The van der Waals surface area contributed by atoms with Crippen LogP contribution in [0.5, 0.6) is 0 Å². The predicted molar refractivity (Wildman–Crippen MR) is 66.7 cm³/mol. The van der Waals surface area contributed by atoms with Crippen LogP contribution in [-0.2, 0) is 4.74 Å². The van der Waals surface area contributed by atoms with E-state index >= 15 is 0 Å². The number of hydrogen-bond donors (Lipinski definition) is 1. The number of hydrogen-bond acceptors (Lipinski definition) is 4. The average molecular weight is 235 g/mol. The first kappa shape index (κ1) is 12.5. The zero-order valence-electron chi connectivity index (χ0n) is 10.4. The summed E-state index contributed by atoms with van der Waals surface area (Å²) in [5.74, 6) is 0. The molecule has 4 nitrogen and oxygen atoms in total. The van der Waals surface area contributed by atoms with E-state index in [-0.39, 0.29) is 6.04 Å². The molecule has 1 aliphatic rings. The van der Waals surface area contributed by atoms with Crippen molar-refractivity contribution in [3.05, 3.63) is 24.3 Å². The molecule has 1 atom stereocenters. The largest absolute Gasteiger partial charge is 0.377 e. The summed E-state index contributed by atoms with van der Waals surface area (Å²) in [7, 11) is 0. The molecule has 0 bridgehead atoms. The van der Waals surface area contributed by atoms with Gasteiger partial charge in [0.25, 0.3) is 0 Å². The lowest BCUT2D eigenvalue weighted by atomic mass is 10.2. The lowest BCUT2D eigenvalue weighted by Gasteiger charge is -2.15. The molecule has 94 valence electrons. The first-order valence-corrected chi connectivity index (χ1v) is 6.47. The van der Waals surface area contributed by atoms with Crippen molar-refractivity contribution in [2.75, 3.05) is 13.2 Å². The van der Waals surface area contributed by atoms with Gasteiger partial charge in [0.1, 0.15) is 0 Å². The van der Waals surface area contributed by atoms with Crippen LogP contribution in [0.2, 0.25) is 0 Å². The summed E-state index contributed by atoms with van der Waals surface area (Å²) >= 11 is 0. The molecule has 2 rings (SSSR count). The second-order valence-corrected chi connectivity index (χ2v) is 4.58. The highest BCUT2D eigenvalue weighted by atomic mass is 16.5. The Balaban J connectivity index is 1.61. The first-order chi connectivity index (χ1) is 8.36. The summed E-state index contributed by atoms with van der Waals surface area (Å²) in [6, 6.07) is 0.232. The Morgan fingerprint density at radius 1 is 1.41 bits per heavy atom. The van der Waals surface area contributed by atoms with Crippen molar-refractivity contribution < 1.29 is 4.74 Å². The smallest absolute Gasteiger partial charge is 0.0753 e. The zero-order valence-corrected chi connectivity index (χ0v) is 10.4. The Labute approximate surface area is 103 Å². The van der Waals surface area contributed by atoms with Crippen molar-refractivity contribution in [2.45, 2.75) is 44.8 Å². The molecule has 1 saturated carbocycles. The van der Waals surface area contributed by atoms with E-state index in [9.17, 15) is 0 Å². The maximum absolute atomic E-state index is 5.79. The van der Waals surface area contributed by atoms with Crippen molar-refractivity contribution in [1.29, 1.82) is 0 Å². The summed E-state index contributed by atoms with van der Waals surface area (Å²) in [6.45, 7) is 3.75. The third-order valence-corrected chi connectivity index (χ3v) is 3.24. The molecule has 1 fully saturated rings. The van der Waals surface area contributed by atoms with Crippen LogP contribution in [0.1, 0.15) is 44.3 Å². The summed E-state index contributed by atoms with van der Waals surface area (Å²) < 4.78 is 5.79. The van der Waals surface area contributed by atoms with Gasteiger partial charge < -0.3 is 10.1 Å². The third kappa shape index (κ3) is 4.06. The van der Waals surface area contributed by atoms with Crippen molar-refractivity contribution in [2.24, 2.45) is 0 Å². The molecule has 0 amide bonds. The van der Waals surface area contributed by atoms with Gasteiger partial charge in [0.15, 0.2) is 0 Å². The molecule has 1 aliphatic carbocycles. The van der Waals surface area contributed by atoms with Crippen LogP contribution in [0, 0.1) is 0 Å². The molecular weight excluding hydrogens is 214 g/mol. The monoisotopic (exact) mass is 235 g/mol. The predicted octanol–water partition coefficient (Wildman–Crippen LogP) is 2.09. The SMILES string of the molecule is CC(NCCOC1CCCC1)c1cnccn1. The van der Waals surface area contributed by atoms with Gasteiger partial charge in [-0.25, -0.2) is 0 Å². The standard InChI is InChI=1S/C13H21N3O/c1-11(13-10-14-6-7-16-13)15-8-9-17-12-4-2-3-5-12/h6-7,10-12,15H,2-5,8-9H2,1H3. The summed E-state index contributed by atoms with van der Waals surface area (Å²) in [5.41, 5.74) is 0.980. The van der Waals surface area contributed by atoms with Gasteiger partial charge in [-0.1, -0.05) is 12.8 Å². The Hall–Kier alpha value is -1.00. The average Bonchev–Trinajstić information content (AvgIpc) is 2.88. The van der Waals surface area contributed by atoms with Crippen LogP contribution in [-0.4, -0.2) is 29.2 Å². The van der Waals surface area contributed by atoms with Gasteiger partial charge in [-0.15, -0.1) is 0 Å². The normalized spacial score (nSPS) is 18.4. The maximum atomic E-state index is 5.79. The molecule has 0 spiro atoms. The zero-order chi connectivity index (χ0) is 11.9. The maximum Gasteiger partial charge on any atom is 0.0753 e. The number of nitrogens with one attached hydrogen (secondary N) is 1. The van der Waals surface area contributed by atoms with Crippen LogP contribution >= 0.6 is 0 Å². The fraction of sp³-hybridized carbons (Fsp3) is 0.692. The molecule has 1 unspecified atom stereocenters. The molecule has 0 aromatic carbocycles. The topological polar surface area (TPSA) is 47.0 Å². The Morgan fingerprint density at radius 2 is 2.24 bits per heavy atom. The van der Waals surface area contributed by atoms with Crippen LogP contribution in [0.4, 0.5) is 0 Å². The highest BCUT2D eigenvalue weighted by Crippen LogP contribution is 2.20. The highest BCUT2D eigenvalue weighted by molar-refractivity contribution is 5.00. The lowest BCUT2D eigenvalue weighted by Crippen LogP contribution is -2.25. The molecule has 1 aromatic rings. The summed E-state index contributed by atoms with van der Waals surface area (Å²) in [4.78, 5) is 8.33. The van der Waals surface area contributed by atoms with E-state index in [1.807, 2.05) is 0 Å². The minimum atomic E-state index is 0.232. The molecule has 1 aromatic heterocycles. The summed E-state index contributed by atoms with van der Waals surface area (Å²) in [6.07, 6.45) is 10.8. The molecule has 4 heteroatoms. The molecule has 0 radical (unpaired) electrons. The van der Waals surface area contributed by atoms with Crippen LogP contribution in [0.15, 0.2) is 18.6 Å². The number of ether oxygens (including phenoxy) is 1. The van der Waals surface area contributed by atoms with Crippen LogP contribution in [0.3, 0.4) is 0 Å². The molecule has 17 heavy (non-hydrogen) atoms. The quantitative estimate of drug-likeness (QED) is 0.767. The fourth-order valence-electron chi connectivity index (χ4n) is 2.19. The van der Waals surface area contributed by atoms with Crippen LogP contribution < -0.4 is 5.32 Å². The van der Waals surface area contributed by atoms with Gasteiger partial charge in [-0.2, -0.15) is 0 Å². The van der Waals surface area contributed by atoms with Crippen LogP contribution in [0.25, 0.3) is 0 Å². The Kier molecular flexibility index (Phi) is 4.88. The van der Waals surface area contributed by atoms with E-state index in [1.165, 1.54) is 25.7 Å². The molecule has 1 N–H and O–H groups in total. The minimum absolute atomic E-state index is 0.232. The van der Waals surface area contributed by atoms with E-state index < -0.39 is 0 Å². The molecule has 0 aliphatic heterocycles. The van der Waals surface area contributed by atoms with E-state index in [0.29, 0.717) is 6.10 Å². The molecule has 0 saturated heterocycles. The fourth-order valence-corrected chi connectivity index (χ4v) is 2.19. The second-order valence-electron chi connectivity index (χ2n) is 4.58. The second kappa shape index (κ2) is 6.67. The lowest BCUT2D eigenvalue weighted by molar-refractivity contribution is 0.0593. The van der Waals surface area contributed by atoms with Gasteiger partial charge in [0, 0.05) is 31.2 Å². The van der Waals surface area contributed by atoms with Crippen molar-refractivity contribution >= 4 is 0 Å². The summed E-state index contributed by atoms with van der Waals surface area (Å²) in [5, 5.41) is 3.40. The first-order valence-electron chi connectivity index (χ1n) is 6.47.